The van der Waals surface area contributed by atoms with E-state index in [1.807, 2.05) is 6.20 Å². The SMILES string of the molecule is CCCNc1ccc(CN(C)C2CCC(C)(C)CC2)cn1. The minimum atomic E-state index is 0.547. The molecule has 0 aliphatic heterocycles. The molecule has 0 radical (unpaired) electrons. The molecule has 0 amide bonds. The van der Waals surface area contributed by atoms with Gasteiger partial charge in [0.25, 0.3) is 0 Å². The van der Waals surface area contributed by atoms with Gasteiger partial charge in [-0.2, -0.15) is 0 Å². The molecule has 2 rings (SSSR count). The number of hydrogen-bond donors (Lipinski definition) is 1. The van der Waals surface area contributed by atoms with Gasteiger partial charge in [0.2, 0.25) is 0 Å². The largest absolute Gasteiger partial charge is 0.370 e. The van der Waals surface area contributed by atoms with Crippen molar-refractivity contribution >= 4 is 5.82 Å². The fourth-order valence-electron chi connectivity index (χ4n) is 3.12. The Balaban J connectivity index is 1.83. The molecule has 0 aromatic carbocycles. The van der Waals surface area contributed by atoms with Gasteiger partial charge < -0.3 is 5.32 Å². The van der Waals surface area contributed by atoms with Crippen LogP contribution in [0.1, 0.15) is 58.4 Å². The van der Waals surface area contributed by atoms with Gasteiger partial charge in [0, 0.05) is 25.3 Å². The number of aromatic nitrogens is 1. The van der Waals surface area contributed by atoms with Gasteiger partial charge in [-0.3, -0.25) is 4.90 Å². The second-order valence-corrected chi connectivity index (χ2v) is 7.29. The average Bonchev–Trinajstić information content (AvgIpc) is 2.46. The second kappa shape index (κ2) is 7.26. The summed E-state index contributed by atoms with van der Waals surface area (Å²) in [6.45, 7) is 8.96. The van der Waals surface area contributed by atoms with E-state index in [2.05, 4.69) is 55.2 Å². The monoisotopic (exact) mass is 289 g/mol. The molecule has 3 heteroatoms. The summed E-state index contributed by atoms with van der Waals surface area (Å²) < 4.78 is 0. The summed E-state index contributed by atoms with van der Waals surface area (Å²) in [5, 5.41) is 3.32. The van der Waals surface area contributed by atoms with Gasteiger partial charge in [-0.15, -0.1) is 0 Å². The van der Waals surface area contributed by atoms with Crippen LogP contribution in [-0.2, 0) is 6.54 Å². The third-order valence-electron chi connectivity index (χ3n) is 4.74. The Kier molecular flexibility index (Phi) is 5.63. The normalized spacial score (nSPS) is 18.9. The Morgan fingerprint density at radius 2 is 2.00 bits per heavy atom. The average molecular weight is 289 g/mol. The molecule has 0 spiro atoms. The van der Waals surface area contributed by atoms with E-state index in [9.17, 15) is 0 Å². The van der Waals surface area contributed by atoms with Crippen LogP contribution in [0.25, 0.3) is 0 Å². The first-order valence-electron chi connectivity index (χ1n) is 8.39. The van der Waals surface area contributed by atoms with E-state index in [4.69, 9.17) is 0 Å². The lowest BCUT2D eigenvalue weighted by Gasteiger charge is -2.38. The fourth-order valence-corrected chi connectivity index (χ4v) is 3.12. The van der Waals surface area contributed by atoms with E-state index in [-0.39, 0.29) is 0 Å². The van der Waals surface area contributed by atoms with E-state index in [1.54, 1.807) is 0 Å². The second-order valence-electron chi connectivity index (χ2n) is 7.29. The highest BCUT2D eigenvalue weighted by atomic mass is 15.1. The van der Waals surface area contributed by atoms with Gasteiger partial charge in [0.05, 0.1) is 0 Å². The molecular weight excluding hydrogens is 258 g/mol. The predicted molar refractivity (Wildman–Crippen MR) is 90.5 cm³/mol. The Bertz CT molecular complexity index is 415. The molecule has 0 unspecified atom stereocenters. The molecule has 1 aromatic heterocycles. The van der Waals surface area contributed by atoms with Gasteiger partial charge in [-0.1, -0.05) is 26.8 Å². The molecule has 0 saturated heterocycles. The maximum atomic E-state index is 4.50. The number of rotatable bonds is 6. The minimum absolute atomic E-state index is 0.547. The number of nitrogens with zero attached hydrogens (tertiary/aromatic N) is 2. The summed E-state index contributed by atoms with van der Waals surface area (Å²) in [6, 6.07) is 5.03. The zero-order chi connectivity index (χ0) is 15.3. The highest BCUT2D eigenvalue weighted by Crippen LogP contribution is 2.36. The van der Waals surface area contributed by atoms with Gasteiger partial charge in [-0.05, 0) is 56.2 Å². The van der Waals surface area contributed by atoms with E-state index in [0.717, 1.165) is 31.4 Å². The molecule has 0 bridgehead atoms. The topological polar surface area (TPSA) is 28.2 Å². The molecule has 1 fully saturated rings. The van der Waals surface area contributed by atoms with Gasteiger partial charge in [0.15, 0.2) is 0 Å². The lowest BCUT2D eigenvalue weighted by atomic mass is 9.75. The lowest BCUT2D eigenvalue weighted by Crippen LogP contribution is -2.36. The van der Waals surface area contributed by atoms with Crippen LogP contribution in [0.4, 0.5) is 5.82 Å². The minimum Gasteiger partial charge on any atom is -0.370 e. The van der Waals surface area contributed by atoms with Crippen molar-refractivity contribution in [3.63, 3.8) is 0 Å². The molecule has 1 saturated carbocycles. The van der Waals surface area contributed by atoms with Crippen molar-refractivity contribution in [2.75, 3.05) is 18.9 Å². The highest BCUT2D eigenvalue weighted by molar-refractivity contribution is 5.35. The van der Waals surface area contributed by atoms with Crippen molar-refractivity contribution in [1.29, 1.82) is 0 Å². The van der Waals surface area contributed by atoms with Crippen LogP contribution >= 0.6 is 0 Å². The van der Waals surface area contributed by atoms with E-state index in [0.29, 0.717) is 5.41 Å². The maximum absolute atomic E-state index is 4.50. The van der Waals surface area contributed by atoms with Crippen molar-refractivity contribution in [2.24, 2.45) is 5.41 Å². The van der Waals surface area contributed by atoms with Crippen LogP contribution in [0, 0.1) is 5.41 Å². The zero-order valence-corrected chi connectivity index (χ0v) is 14.2. The summed E-state index contributed by atoms with van der Waals surface area (Å²) >= 11 is 0. The van der Waals surface area contributed by atoms with Crippen molar-refractivity contribution in [3.8, 4) is 0 Å². The number of hydrogen-bond acceptors (Lipinski definition) is 3. The van der Waals surface area contributed by atoms with E-state index >= 15 is 0 Å². The maximum Gasteiger partial charge on any atom is 0.125 e. The molecule has 21 heavy (non-hydrogen) atoms. The predicted octanol–water partition coefficient (Wildman–Crippen LogP) is 4.30. The highest BCUT2D eigenvalue weighted by Gasteiger charge is 2.28. The summed E-state index contributed by atoms with van der Waals surface area (Å²) in [5.41, 5.74) is 1.86. The van der Waals surface area contributed by atoms with Crippen LogP contribution in [0.3, 0.4) is 0 Å². The Labute approximate surface area is 130 Å². The van der Waals surface area contributed by atoms with Crippen LogP contribution < -0.4 is 5.32 Å². The molecule has 1 aromatic rings. The van der Waals surface area contributed by atoms with E-state index in [1.165, 1.54) is 31.2 Å². The summed E-state index contributed by atoms with van der Waals surface area (Å²) in [5.74, 6) is 0.989. The van der Waals surface area contributed by atoms with Crippen LogP contribution in [0.5, 0.6) is 0 Å². The standard InChI is InChI=1S/C18H31N3/c1-5-12-19-17-7-6-15(13-20-17)14-21(4)16-8-10-18(2,3)11-9-16/h6-7,13,16H,5,8-12,14H2,1-4H3,(H,19,20). The zero-order valence-electron chi connectivity index (χ0n) is 14.2. The van der Waals surface area contributed by atoms with Crippen LogP contribution in [0.2, 0.25) is 0 Å². The molecule has 1 N–H and O–H groups in total. The van der Waals surface area contributed by atoms with Crippen LogP contribution in [0.15, 0.2) is 18.3 Å². The van der Waals surface area contributed by atoms with Crippen LogP contribution in [-0.4, -0.2) is 29.5 Å². The van der Waals surface area contributed by atoms with E-state index < -0.39 is 0 Å². The molecule has 1 aliphatic rings. The quantitative estimate of drug-likeness (QED) is 0.846. The lowest BCUT2D eigenvalue weighted by molar-refractivity contribution is 0.123. The van der Waals surface area contributed by atoms with Gasteiger partial charge in [-0.25, -0.2) is 4.98 Å². The van der Waals surface area contributed by atoms with Crippen molar-refractivity contribution in [2.45, 2.75) is 65.5 Å². The smallest absolute Gasteiger partial charge is 0.125 e. The molecular formula is C18H31N3. The fraction of sp³-hybridized carbons (Fsp3) is 0.722. The molecule has 118 valence electrons. The Morgan fingerprint density at radius 1 is 1.29 bits per heavy atom. The third kappa shape index (κ3) is 4.99. The summed E-state index contributed by atoms with van der Waals surface area (Å²) in [6.07, 6.45) is 8.49. The number of nitrogens with one attached hydrogen (secondary N) is 1. The third-order valence-corrected chi connectivity index (χ3v) is 4.74. The Hall–Kier alpha value is -1.09. The molecule has 3 nitrogen and oxygen atoms in total. The molecule has 0 atom stereocenters. The summed E-state index contributed by atoms with van der Waals surface area (Å²) in [7, 11) is 2.26. The van der Waals surface area contributed by atoms with Gasteiger partial charge in [0.1, 0.15) is 5.82 Å². The first kappa shape index (κ1) is 16.3. The first-order valence-corrected chi connectivity index (χ1v) is 8.39. The molecule has 1 aliphatic carbocycles. The first-order chi connectivity index (χ1) is 10.00. The Morgan fingerprint density at radius 3 is 2.57 bits per heavy atom. The van der Waals surface area contributed by atoms with Crippen molar-refractivity contribution in [3.05, 3.63) is 23.9 Å². The van der Waals surface area contributed by atoms with Gasteiger partial charge >= 0.3 is 0 Å². The molecule has 1 heterocycles. The van der Waals surface area contributed by atoms with Crippen molar-refractivity contribution < 1.29 is 0 Å². The van der Waals surface area contributed by atoms with Crippen molar-refractivity contribution in [1.82, 2.24) is 9.88 Å². The summed E-state index contributed by atoms with van der Waals surface area (Å²) in [4.78, 5) is 7.01. The number of pyridine rings is 1. The number of anilines is 1.